The Hall–Kier alpha value is -1.89. The molecule has 2 rings (SSSR count). The molecule has 1 atom stereocenters. The second-order valence-corrected chi connectivity index (χ2v) is 4.31. The van der Waals surface area contributed by atoms with E-state index < -0.39 is 0 Å². The van der Waals surface area contributed by atoms with Crippen LogP contribution in [0.5, 0.6) is 11.8 Å². The van der Waals surface area contributed by atoms with Gasteiger partial charge in [-0.2, -0.15) is 9.97 Å². The Labute approximate surface area is 111 Å². The van der Waals surface area contributed by atoms with Gasteiger partial charge in [0.25, 0.3) is 0 Å². The van der Waals surface area contributed by atoms with Gasteiger partial charge in [-0.15, -0.1) is 0 Å². The van der Waals surface area contributed by atoms with Crippen molar-refractivity contribution in [3.05, 3.63) is 6.07 Å². The molecule has 7 nitrogen and oxygen atoms in total. The number of nitrogens with zero attached hydrogens (tertiary/aromatic N) is 2. The molecule has 0 bridgehead atoms. The van der Waals surface area contributed by atoms with Gasteiger partial charge in [0.05, 0.1) is 26.2 Å². The summed E-state index contributed by atoms with van der Waals surface area (Å²) in [6, 6.07) is 1.55. The Morgan fingerprint density at radius 3 is 2.58 bits per heavy atom. The quantitative estimate of drug-likeness (QED) is 0.822. The SMILES string of the molecule is COc1cc(OC)nc(NC(=O)C2CCCNC2)n1. The van der Waals surface area contributed by atoms with E-state index >= 15 is 0 Å². The molecule has 104 valence electrons. The van der Waals surface area contributed by atoms with Gasteiger partial charge in [0.1, 0.15) is 0 Å². The molecule has 0 aliphatic carbocycles. The molecule has 1 aliphatic heterocycles. The molecule has 1 amide bonds. The van der Waals surface area contributed by atoms with E-state index in [1.54, 1.807) is 6.07 Å². The van der Waals surface area contributed by atoms with Crippen LogP contribution in [0.25, 0.3) is 0 Å². The molecule has 0 radical (unpaired) electrons. The molecule has 7 heteroatoms. The number of hydrogen-bond acceptors (Lipinski definition) is 6. The summed E-state index contributed by atoms with van der Waals surface area (Å²) in [4.78, 5) is 20.2. The first-order valence-electron chi connectivity index (χ1n) is 6.21. The average Bonchev–Trinajstić information content (AvgIpc) is 2.47. The summed E-state index contributed by atoms with van der Waals surface area (Å²) >= 11 is 0. The highest BCUT2D eigenvalue weighted by molar-refractivity contribution is 5.91. The molecule has 0 saturated carbocycles. The Balaban J connectivity index is 2.06. The summed E-state index contributed by atoms with van der Waals surface area (Å²) in [5.74, 6) is 0.775. The number of nitrogens with one attached hydrogen (secondary N) is 2. The first kappa shape index (κ1) is 13.5. The van der Waals surface area contributed by atoms with Crippen molar-refractivity contribution in [3.63, 3.8) is 0 Å². The minimum absolute atomic E-state index is 0.0467. The molecule has 1 fully saturated rings. The second kappa shape index (κ2) is 6.33. The smallest absolute Gasteiger partial charge is 0.236 e. The van der Waals surface area contributed by atoms with Gasteiger partial charge in [-0.3, -0.25) is 10.1 Å². The third-order valence-electron chi connectivity index (χ3n) is 3.00. The lowest BCUT2D eigenvalue weighted by Crippen LogP contribution is -2.37. The van der Waals surface area contributed by atoms with Gasteiger partial charge in [-0.1, -0.05) is 0 Å². The number of aromatic nitrogens is 2. The predicted octanol–water partition coefficient (Wildman–Crippen LogP) is 0.432. The number of hydrogen-bond donors (Lipinski definition) is 2. The molecule has 1 saturated heterocycles. The molecule has 1 unspecified atom stereocenters. The minimum Gasteiger partial charge on any atom is -0.481 e. The van der Waals surface area contributed by atoms with Gasteiger partial charge in [0.15, 0.2) is 0 Å². The number of carbonyl (C=O) groups is 1. The maximum absolute atomic E-state index is 12.1. The summed E-state index contributed by atoms with van der Waals surface area (Å²) in [5, 5.41) is 5.90. The van der Waals surface area contributed by atoms with Crippen molar-refractivity contribution in [1.82, 2.24) is 15.3 Å². The van der Waals surface area contributed by atoms with Crippen molar-refractivity contribution in [3.8, 4) is 11.8 Å². The molecule has 0 spiro atoms. The predicted molar refractivity (Wildman–Crippen MR) is 69.4 cm³/mol. The van der Waals surface area contributed by atoms with E-state index in [1.165, 1.54) is 14.2 Å². The summed E-state index contributed by atoms with van der Waals surface area (Å²) in [6.07, 6.45) is 1.88. The molecule has 1 aromatic rings. The summed E-state index contributed by atoms with van der Waals surface area (Å²) in [6.45, 7) is 1.65. The van der Waals surface area contributed by atoms with E-state index in [2.05, 4.69) is 20.6 Å². The van der Waals surface area contributed by atoms with Crippen LogP contribution in [0.4, 0.5) is 5.95 Å². The highest BCUT2D eigenvalue weighted by Gasteiger charge is 2.22. The number of methoxy groups -OCH3 is 2. The summed E-state index contributed by atoms with van der Waals surface area (Å²) < 4.78 is 10.1. The van der Waals surface area contributed by atoms with Gasteiger partial charge in [-0.05, 0) is 19.4 Å². The van der Waals surface area contributed by atoms with Crippen LogP contribution in [-0.2, 0) is 4.79 Å². The number of piperidine rings is 1. The van der Waals surface area contributed by atoms with Crippen LogP contribution in [0.15, 0.2) is 6.07 Å². The average molecular weight is 266 g/mol. The van der Waals surface area contributed by atoms with E-state index in [4.69, 9.17) is 9.47 Å². The van der Waals surface area contributed by atoms with Crippen LogP contribution >= 0.6 is 0 Å². The third kappa shape index (κ3) is 3.54. The molecular weight excluding hydrogens is 248 g/mol. The topological polar surface area (TPSA) is 85.4 Å². The Morgan fingerprint density at radius 1 is 1.37 bits per heavy atom. The zero-order valence-corrected chi connectivity index (χ0v) is 11.1. The molecule has 19 heavy (non-hydrogen) atoms. The molecule has 1 aromatic heterocycles. The third-order valence-corrected chi connectivity index (χ3v) is 3.00. The Bertz CT molecular complexity index is 424. The fourth-order valence-electron chi connectivity index (χ4n) is 1.96. The lowest BCUT2D eigenvalue weighted by molar-refractivity contribution is -0.120. The lowest BCUT2D eigenvalue weighted by Gasteiger charge is -2.21. The first-order chi connectivity index (χ1) is 9.22. The van der Waals surface area contributed by atoms with Gasteiger partial charge < -0.3 is 14.8 Å². The van der Waals surface area contributed by atoms with Crippen LogP contribution in [0.3, 0.4) is 0 Å². The van der Waals surface area contributed by atoms with Gasteiger partial charge >= 0.3 is 0 Å². The van der Waals surface area contributed by atoms with E-state index in [-0.39, 0.29) is 17.8 Å². The monoisotopic (exact) mass is 266 g/mol. The van der Waals surface area contributed by atoms with Crippen molar-refractivity contribution >= 4 is 11.9 Å². The fraction of sp³-hybridized carbons (Fsp3) is 0.583. The number of ether oxygens (including phenoxy) is 2. The summed E-state index contributed by atoms with van der Waals surface area (Å²) in [5.41, 5.74) is 0. The van der Waals surface area contributed by atoms with Crippen molar-refractivity contribution in [1.29, 1.82) is 0 Å². The van der Waals surface area contributed by atoms with E-state index in [1.807, 2.05) is 0 Å². The highest BCUT2D eigenvalue weighted by atomic mass is 16.5. The molecule has 1 aliphatic rings. The Kier molecular flexibility index (Phi) is 4.51. The highest BCUT2D eigenvalue weighted by Crippen LogP contribution is 2.18. The number of anilines is 1. The van der Waals surface area contributed by atoms with E-state index in [9.17, 15) is 4.79 Å². The molecule has 0 aromatic carbocycles. The van der Waals surface area contributed by atoms with Crippen molar-refractivity contribution in [2.24, 2.45) is 5.92 Å². The minimum atomic E-state index is -0.0810. The second-order valence-electron chi connectivity index (χ2n) is 4.31. The van der Waals surface area contributed by atoms with Crippen molar-refractivity contribution in [2.75, 3.05) is 32.6 Å². The fourth-order valence-corrected chi connectivity index (χ4v) is 1.96. The Morgan fingerprint density at radius 2 is 2.05 bits per heavy atom. The molecular formula is C12H18N4O3. The molecule has 2 N–H and O–H groups in total. The van der Waals surface area contributed by atoms with Crippen LogP contribution in [0.1, 0.15) is 12.8 Å². The van der Waals surface area contributed by atoms with Gasteiger partial charge in [-0.25, -0.2) is 0 Å². The molecule has 2 heterocycles. The van der Waals surface area contributed by atoms with Crippen molar-refractivity contribution < 1.29 is 14.3 Å². The van der Waals surface area contributed by atoms with Crippen LogP contribution in [0, 0.1) is 5.92 Å². The van der Waals surface area contributed by atoms with Gasteiger partial charge in [0.2, 0.25) is 23.6 Å². The summed E-state index contributed by atoms with van der Waals surface area (Å²) in [7, 11) is 3.00. The number of carbonyl (C=O) groups excluding carboxylic acids is 1. The maximum atomic E-state index is 12.1. The number of amides is 1. The van der Waals surface area contributed by atoms with Crippen LogP contribution < -0.4 is 20.1 Å². The van der Waals surface area contributed by atoms with Crippen molar-refractivity contribution in [2.45, 2.75) is 12.8 Å². The zero-order valence-electron chi connectivity index (χ0n) is 11.1. The zero-order chi connectivity index (χ0) is 13.7. The van der Waals surface area contributed by atoms with E-state index in [0.29, 0.717) is 18.3 Å². The largest absolute Gasteiger partial charge is 0.481 e. The number of rotatable bonds is 4. The lowest BCUT2D eigenvalue weighted by atomic mass is 9.99. The van der Waals surface area contributed by atoms with Crippen LogP contribution in [-0.4, -0.2) is 43.2 Å². The van der Waals surface area contributed by atoms with Crippen LogP contribution in [0.2, 0.25) is 0 Å². The standard InChI is InChI=1S/C12H18N4O3/c1-18-9-6-10(19-2)15-12(14-9)16-11(17)8-4-3-5-13-7-8/h6,8,13H,3-5,7H2,1-2H3,(H,14,15,16,17). The first-order valence-corrected chi connectivity index (χ1v) is 6.21. The van der Waals surface area contributed by atoms with Gasteiger partial charge in [0, 0.05) is 6.54 Å². The normalized spacial score (nSPS) is 18.7. The maximum Gasteiger partial charge on any atom is 0.236 e. The van der Waals surface area contributed by atoms with E-state index in [0.717, 1.165) is 19.4 Å².